The van der Waals surface area contributed by atoms with Gasteiger partial charge in [-0.2, -0.15) is 0 Å². The number of hydrogen-bond donors (Lipinski definition) is 2. The quantitative estimate of drug-likeness (QED) is 0.764. The highest BCUT2D eigenvalue weighted by Crippen LogP contribution is 1.98. The fourth-order valence-electron chi connectivity index (χ4n) is 1.01. The second-order valence-corrected chi connectivity index (χ2v) is 3.23. The van der Waals surface area contributed by atoms with E-state index in [9.17, 15) is 4.79 Å². The molecule has 0 radical (unpaired) electrons. The number of methoxy groups -OCH3 is 1. The van der Waals surface area contributed by atoms with Gasteiger partial charge in [0.05, 0.1) is 6.61 Å². The van der Waals surface area contributed by atoms with E-state index in [-0.39, 0.29) is 5.91 Å². The molecule has 0 aromatic heterocycles. The number of hydrogen-bond acceptors (Lipinski definition) is 3. The molecule has 0 bridgehead atoms. The minimum atomic E-state index is -0.336. The fourth-order valence-corrected chi connectivity index (χ4v) is 1.01. The maximum atomic E-state index is 9.74. The summed E-state index contributed by atoms with van der Waals surface area (Å²) < 4.78 is 4.95. The van der Waals surface area contributed by atoms with Gasteiger partial charge in [-0.15, -0.1) is 12.8 Å². The van der Waals surface area contributed by atoms with Gasteiger partial charge in [0, 0.05) is 20.1 Å². The lowest BCUT2D eigenvalue weighted by molar-refractivity contribution is -0.117. The van der Waals surface area contributed by atoms with Gasteiger partial charge in [0.1, 0.15) is 0 Å². The summed E-state index contributed by atoms with van der Waals surface area (Å²) in [5, 5.41) is 0. The Bertz CT molecular complexity index is 310. The second-order valence-electron chi connectivity index (χ2n) is 3.23. The number of terminal acetylenes is 1. The van der Waals surface area contributed by atoms with Crippen molar-refractivity contribution in [1.29, 1.82) is 0 Å². The summed E-state index contributed by atoms with van der Waals surface area (Å²) in [4.78, 5) is 9.74. The van der Waals surface area contributed by atoms with Crippen molar-refractivity contribution in [3.8, 4) is 12.8 Å². The van der Waals surface area contributed by atoms with Gasteiger partial charge < -0.3 is 16.2 Å². The van der Waals surface area contributed by atoms with Crippen LogP contribution in [0.3, 0.4) is 0 Å². The third kappa shape index (κ3) is 14.2. The molecule has 18 heavy (non-hydrogen) atoms. The zero-order valence-electron chi connectivity index (χ0n) is 10.8. The monoisotopic (exact) mass is 250 g/mol. The molecule has 1 rings (SSSR count). The summed E-state index contributed by atoms with van der Waals surface area (Å²) in [7, 11) is 1.73. The molecule has 0 aliphatic heterocycles. The number of nitrogens with two attached hydrogens (primary N) is 2. The first-order valence-electron chi connectivity index (χ1n) is 5.55. The molecule has 1 amide bonds. The van der Waals surface area contributed by atoms with Crippen LogP contribution in [0, 0.1) is 12.8 Å². The SMILES string of the molecule is C#C.COCCc1ccccc1.NCCC(N)=O. The van der Waals surface area contributed by atoms with Crippen LogP contribution in [0.4, 0.5) is 0 Å². The van der Waals surface area contributed by atoms with Crippen molar-refractivity contribution in [2.24, 2.45) is 11.5 Å². The first-order valence-corrected chi connectivity index (χ1v) is 5.55. The van der Waals surface area contributed by atoms with E-state index in [1.165, 1.54) is 5.56 Å². The Kier molecular flexibility index (Phi) is 15.6. The van der Waals surface area contributed by atoms with Crippen LogP contribution in [-0.2, 0) is 16.0 Å². The van der Waals surface area contributed by atoms with Crippen LogP contribution in [-0.4, -0.2) is 26.2 Å². The van der Waals surface area contributed by atoms with Crippen molar-refractivity contribution < 1.29 is 9.53 Å². The predicted octanol–water partition coefficient (Wildman–Crippen LogP) is 0.945. The van der Waals surface area contributed by atoms with Gasteiger partial charge in [0.15, 0.2) is 0 Å². The van der Waals surface area contributed by atoms with Crippen LogP contribution in [0.2, 0.25) is 0 Å². The molecule has 0 saturated heterocycles. The average molecular weight is 250 g/mol. The standard InChI is InChI=1S/C9H12O.C3H8N2O.C2H2/c1-10-8-7-9-5-3-2-4-6-9;4-2-1-3(5)6;1-2/h2-6H,7-8H2,1H3;1-2,4H2,(H2,5,6);1-2H. The fraction of sp³-hybridized carbons (Fsp3) is 0.357. The molecule has 4 nitrogen and oxygen atoms in total. The number of benzene rings is 1. The van der Waals surface area contributed by atoms with Gasteiger partial charge in [-0.1, -0.05) is 30.3 Å². The Morgan fingerprint density at radius 2 is 1.83 bits per heavy atom. The van der Waals surface area contributed by atoms with Crippen LogP contribution in [0.5, 0.6) is 0 Å². The van der Waals surface area contributed by atoms with Crippen molar-refractivity contribution in [2.45, 2.75) is 12.8 Å². The summed E-state index contributed by atoms with van der Waals surface area (Å²) >= 11 is 0. The normalized spacial score (nSPS) is 8.22. The number of carbonyl (C=O) groups excluding carboxylic acids is 1. The zero-order chi connectivity index (χ0) is 14.2. The third-order valence-corrected chi connectivity index (χ3v) is 1.83. The molecule has 0 aliphatic carbocycles. The van der Waals surface area contributed by atoms with Crippen molar-refractivity contribution in [3.63, 3.8) is 0 Å². The van der Waals surface area contributed by atoms with Gasteiger partial charge in [0.25, 0.3) is 0 Å². The van der Waals surface area contributed by atoms with E-state index in [0.29, 0.717) is 13.0 Å². The highest BCUT2D eigenvalue weighted by molar-refractivity contribution is 5.73. The molecular formula is C14H22N2O2. The molecule has 0 heterocycles. The van der Waals surface area contributed by atoms with Gasteiger partial charge in [-0.25, -0.2) is 0 Å². The summed E-state index contributed by atoms with van der Waals surface area (Å²) in [5.41, 5.74) is 11.0. The van der Waals surface area contributed by atoms with E-state index in [1.54, 1.807) is 7.11 Å². The Balaban J connectivity index is 0. The maximum absolute atomic E-state index is 9.74. The summed E-state index contributed by atoms with van der Waals surface area (Å²) in [6.45, 7) is 1.17. The average Bonchev–Trinajstić information content (AvgIpc) is 2.40. The summed E-state index contributed by atoms with van der Waals surface area (Å²) in [5.74, 6) is -0.336. The molecule has 4 N–H and O–H groups in total. The molecule has 100 valence electrons. The molecule has 0 fully saturated rings. The van der Waals surface area contributed by atoms with Gasteiger partial charge in [0.2, 0.25) is 5.91 Å². The molecule has 1 aromatic rings. The minimum absolute atomic E-state index is 0.292. The molecule has 1 aromatic carbocycles. The van der Waals surface area contributed by atoms with E-state index < -0.39 is 0 Å². The Hall–Kier alpha value is -1.83. The Morgan fingerprint density at radius 1 is 1.28 bits per heavy atom. The number of rotatable bonds is 5. The highest BCUT2D eigenvalue weighted by Gasteiger charge is 1.87. The lowest BCUT2D eigenvalue weighted by Crippen LogP contribution is -2.15. The summed E-state index contributed by atoms with van der Waals surface area (Å²) in [6.07, 6.45) is 9.30. The Morgan fingerprint density at radius 3 is 2.17 bits per heavy atom. The van der Waals surface area contributed by atoms with Crippen molar-refractivity contribution >= 4 is 5.91 Å². The molecule has 0 atom stereocenters. The molecular weight excluding hydrogens is 228 g/mol. The highest BCUT2D eigenvalue weighted by atomic mass is 16.5. The molecule has 0 aliphatic rings. The van der Waals surface area contributed by atoms with Gasteiger partial charge >= 0.3 is 0 Å². The Labute approximate surface area is 109 Å². The number of ether oxygens (including phenoxy) is 1. The summed E-state index contributed by atoms with van der Waals surface area (Å²) in [6, 6.07) is 10.3. The van der Waals surface area contributed by atoms with E-state index >= 15 is 0 Å². The third-order valence-electron chi connectivity index (χ3n) is 1.83. The van der Waals surface area contributed by atoms with Crippen molar-refractivity contribution in [1.82, 2.24) is 0 Å². The van der Waals surface area contributed by atoms with E-state index in [2.05, 4.69) is 30.7 Å². The van der Waals surface area contributed by atoms with Crippen LogP contribution in [0.15, 0.2) is 30.3 Å². The van der Waals surface area contributed by atoms with Crippen LogP contribution >= 0.6 is 0 Å². The first kappa shape index (κ1) is 18.5. The molecule has 0 unspecified atom stereocenters. The minimum Gasteiger partial charge on any atom is -0.384 e. The van der Waals surface area contributed by atoms with E-state index in [4.69, 9.17) is 10.5 Å². The van der Waals surface area contributed by atoms with E-state index in [1.807, 2.05) is 18.2 Å². The van der Waals surface area contributed by atoms with Crippen LogP contribution < -0.4 is 11.5 Å². The van der Waals surface area contributed by atoms with Crippen molar-refractivity contribution in [3.05, 3.63) is 35.9 Å². The predicted molar refractivity (Wildman–Crippen MR) is 74.8 cm³/mol. The molecule has 4 heteroatoms. The maximum Gasteiger partial charge on any atom is 0.218 e. The molecule has 0 spiro atoms. The number of amides is 1. The lowest BCUT2D eigenvalue weighted by atomic mass is 10.2. The van der Waals surface area contributed by atoms with Gasteiger partial charge in [-0.05, 0) is 12.0 Å². The number of primary amides is 1. The first-order chi connectivity index (χ1) is 8.70. The zero-order valence-corrected chi connectivity index (χ0v) is 10.8. The van der Waals surface area contributed by atoms with E-state index in [0.717, 1.165) is 13.0 Å². The van der Waals surface area contributed by atoms with Gasteiger partial charge in [-0.3, -0.25) is 4.79 Å². The smallest absolute Gasteiger partial charge is 0.218 e. The largest absolute Gasteiger partial charge is 0.384 e. The molecule has 0 saturated carbocycles. The van der Waals surface area contributed by atoms with Crippen LogP contribution in [0.1, 0.15) is 12.0 Å². The second kappa shape index (κ2) is 15.2. The number of carbonyl (C=O) groups is 1. The topological polar surface area (TPSA) is 78.3 Å². The van der Waals surface area contributed by atoms with Crippen LogP contribution in [0.25, 0.3) is 0 Å². The lowest BCUT2D eigenvalue weighted by Gasteiger charge is -1.97. The van der Waals surface area contributed by atoms with Crippen molar-refractivity contribution in [2.75, 3.05) is 20.3 Å².